The Hall–Kier alpha value is -2.82. The molecule has 0 bridgehead atoms. The zero-order valence-electron chi connectivity index (χ0n) is 11.8. The first kappa shape index (κ1) is 12.0. The minimum absolute atomic E-state index is 0.784. The fourth-order valence-corrected chi connectivity index (χ4v) is 2.62. The van der Waals surface area contributed by atoms with Crippen LogP contribution in [-0.2, 0) is 0 Å². The normalized spacial score (nSPS) is 11.3. The van der Waals surface area contributed by atoms with Crippen molar-refractivity contribution >= 4 is 16.7 Å². The highest BCUT2D eigenvalue weighted by Crippen LogP contribution is 2.25. The summed E-state index contributed by atoms with van der Waals surface area (Å²) in [6.45, 7) is 3.93. The van der Waals surface area contributed by atoms with E-state index in [0.717, 1.165) is 39.5 Å². The van der Waals surface area contributed by atoms with Crippen LogP contribution in [0.25, 0.3) is 28.1 Å². The van der Waals surface area contributed by atoms with E-state index in [1.54, 1.807) is 6.20 Å². The smallest absolute Gasteiger partial charge is 0.183 e. The molecule has 102 valence electrons. The summed E-state index contributed by atoms with van der Waals surface area (Å²) in [7, 11) is 0. The van der Waals surface area contributed by atoms with Crippen molar-refractivity contribution in [2.45, 2.75) is 13.8 Å². The third-order valence-corrected chi connectivity index (χ3v) is 3.65. The summed E-state index contributed by atoms with van der Waals surface area (Å²) in [5.41, 5.74) is 5.51. The Kier molecular flexibility index (Phi) is 2.47. The van der Waals surface area contributed by atoms with Gasteiger partial charge in [0, 0.05) is 17.5 Å². The van der Waals surface area contributed by atoms with Crippen molar-refractivity contribution in [2.24, 2.45) is 0 Å². The third kappa shape index (κ3) is 1.71. The molecule has 4 aromatic rings. The van der Waals surface area contributed by atoms with E-state index in [1.165, 1.54) is 0 Å². The largest absolute Gasteiger partial charge is 0.272 e. The average Bonchev–Trinajstić information content (AvgIpc) is 2.93. The molecule has 0 aliphatic heterocycles. The van der Waals surface area contributed by atoms with E-state index < -0.39 is 0 Å². The summed E-state index contributed by atoms with van der Waals surface area (Å²) in [5, 5.41) is 8.68. The van der Waals surface area contributed by atoms with E-state index in [1.807, 2.05) is 50.2 Å². The molecule has 0 unspecified atom stereocenters. The van der Waals surface area contributed by atoms with Gasteiger partial charge in [0.2, 0.25) is 0 Å². The molecular weight excluding hydrogens is 262 g/mol. The van der Waals surface area contributed by atoms with Gasteiger partial charge in [0.05, 0.1) is 16.7 Å². The van der Waals surface area contributed by atoms with Crippen molar-refractivity contribution in [1.82, 2.24) is 24.6 Å². The quantitative estimate of drug-likeness (QED) is 0.536. The number of benzene rings is 1. The monoisotopic (exact) mass is 275 g/mol. The van der Waals surface area contributed by atoms with Crippen LogP contribution in [0.15, 0.2) is 42.6 Å². The average molecular weight is 275 g/mol. The molecule has 0 atom stereocenters. The maximum atomic E-state index is 4.59. The lowest BCUT2D eigenvalue weighted by Gasteiger charge is -2.07. The van der Waals surface area contributed by atoms with Gasteiger partial charge in [-0.1, -0.05) is 12.1 Å². The first-order valence-corrected chi connectivity index (χ1v) is 6.78. The molecule has 5 nitrogen and oxygen atoms in total. The van der Waals surface area contributed by atoms with Gasteiger partial charge in [0.25, 0.3) is 0 Å². The van der Waals surface area contributed by atoms with Crippen LogP contribution in [0, 0.1) is 13.8 Å². The van der Waals surface area contributed by atoms with Crippen molar-refractivity contribution in [1.29, 1.82) is 0 Å². The Morgan fingerprint density at radius 2 is 1.76 bits per heavy atom. The molecule has 1 aromatic carbocycles. The number of pyridine rings is 1. The van der Waals surface area contributed by atoms with Crippen LogP contribution in [-0.4, -0.2) is 24.6 Å². The molecule has 0 fully saturated rings. The van der Waals surface area contributed by atoms with Crippen LogP contribution < -0.4 is 0 Å². The summed E-state index contributed by atoms with van der Waals surface area (Å²) in [5.74, 6) is 0.803. The molecule has 4 rings (SSSR count). The molecule has 0 saturated carbocycles. The van der Waals surface area contributed by atoms with E-state index in [0.29, 0.717) is 0 Å². The predicted octanol–water partition coefficient (Wildman–Crippen LogP) is 2.96. The van der Waals surface area contributed by atoms with Crippen LogP contribution in [0.2, 0.25) is 0 Å². The van der Waals surface area contributed by atoms with Crippen LogP contribution in [0.5, 0.6) is 0 Å². The molecule has 5 heteroatoms. The van der Waals surface area contributed by atoms with Crippen molar-refractivity contribution in [3.8, 4) is 11.4 Å². The molecule has 3 aromatic heterocycles. The standard InChI is InChI=1S/C16H13N5/c1-10-12(6-5-9-17-10)16-20-19-15-11(2)18-13-7-3-4-8-14(13)21(15)16/h3-9H,1-2H3. The fraction of sp³-hybridized carbons (Fsp3) is 0.125. The van der Waals surface area contributed by atoms with Crippen LogP contribution >= 0.6 is 0 Å². The molecule has 0 spiro atoms. The molecule has 3 heterocycles. The van der Waals surface area contributed by atoms with Gasteiger partial charge < -0.3 is 0 Å². The van der Waals surface area contributed by atoms with Crippen molar-refractivity contribution in [3.05, 3.63) is 54.0 Å². The third-order valence-electron chi connectivity index (χ3n) is 3.65. The lowest BCUT2D eigenvalue weighted by molar-refractivity contribution is 1.09. The van der Waals surface area contributed by atoms with E-state index in [9.17, 15) is 0 Å². The first-order chi connectivity index (χ1) is 10.3. The number of fused-ring (bicyclic) bond motifs is 3. The number of para-hydroxylation sites is 2. The van der Waals surface area contributed by atoms with Crippen molar-refractivity contribution in [3.63, 3.8) is 0 Å². The summed E-state index contributed by atoms with van der Waals surface area (Å²) >= 11 is 0. The minimum atomic E-state index is 0.784. The lowest BCUT2D eigenvalue weighted by Crippen LogP contribution is -1.98. The van der Waals surface area contributed by atoms with E-state index in [2.05, 4.69) is 24.6 Å². The van der Waals surface area contributed by atoms with Gasteiger partial charge in [-0.25, -0.2) is 4.98 Å². The number of rotatable bonds is 1. The van der Waals surface area contributed by atoms with Gasteiger partial charge in [-0.3, -0.25) is 9.38 Å². The topological polar surface area (TPSA) is 56.0 Å². The predicted molar refractivity (Wildman–Crippen MR) is 81.0 cm³/mol. The van der Waals surface area contributed by atoms with Crippen LogP contribution in [0.3, 0.4) is 0 Å². The molecule has 0 amide bonds. The fourth-order valence-electron chi connectivity index (χ4n) is 2.62. The molecular formula is C16H13N5. The van der Waals surface area contributed by atoms with Gasteiger partial charge >= 0.3 is 0 Å². The van der Waals surface area contributed by atoms with Crippen LogP contribution in [0.4, 0.5) is 0 Å². The summed E-state index contributed by atoms with van der Waals surface area (Å²) in [4.78, 5) is 8.94. The molecule has 0 saturated heterocycles. The Morgan fingerprint density at radius 1 is 0.905 bits per heavy atom. The van der Waals surface area contributed by atoms with Gasteiger partial charge in [0.1, 0.15) is 0 Å². The lowest BCUT2D eigenvalue weighted by atomic mass is 10.2. The molecule has 0 aliphatic carbocycles. The Balaban J connectivity index is 2.19. The number of aryl methyl sites for hydroxylation is 2. The minimum Gasteiger partial charge on any atom is -0.272 e. The molecule has 0 aliphatic rings. The van der Waals surface area contributed by atoms with Crippen molar-refractivity contribution < 1.29 is 0 Å². The number of nitrogens with zero attached hydrogens (tertiary/aromatic N) is 5. The molecule has 0 radical (unpaired) electrons. The van der Waals surface area contributed by atoms with Crippen molar-refractivity contribution in [2.75, 3.05) is 0 Å². The SMILES string of the molecule is Cc1ncccc1-c1nnc2c(C)nc3ccccc3n12. The molecule has 0 N–H and O–H groups in total. The zero-order valence-corrected chi connectivity index (χ0v) is 11.8. The zero-order chi connectivity index (χ0) is 14.4. The first-order valence-electron chi connectivity index (χ1n) is 6.78. The van der Waals surface area contributed by atoms with Gasteiger partial charge in [-0.05, 0) is 38.1 Å². The summed E-state index contributed by atoms with van der Waals surface area (Å²) in [6, 6.07) is 12.0. The van der Waals surface area contributed by atoms with E-state index in [4.69, 9.17) is 0 Å². The van der Waals surface area contributed by atoms with Gasteiger partial charge in [-0.2, -0.15) is 0 Å². The number of aromatic nitrogens is 5. The van der Waals surface area contributed by atoms with Gasteiger partial charge in [-0.15, -0.1) is 10.2 Å². The molecule has 21 heavy (non-hydrogen) atoms. The summed E-state index contributed by atoms with van der Waals surface area (Å²) in [6.07, 6.45) is 1.78. The number of hydrogen-bond acceptors (Lipinski definition) is 4. The second-order valence-corrected chi connectivity index (χ2v) is 5.00. The van der Waals surface area contributed by atoms with Crippen LogP contribution in [0.1, 0.15) is 11.4 Å². The highest BCUT2D eigenvalue weighted by atomic mass is 15.3. The second kappa shape index (κ2) is 4.34. The highest BCUT2D eigenvalue weighted by molar-refractivity contribution is 5.81. The van der Waals surface area contributed by atoms with E-state index >= 15 is 0 Å². The second-order valence-electron chi connectivity index (χ2n) is 5.00. The highest BCUT2D eigenvalue weighted by Gasteiger charge is 2.15. The van der Waals surface area contributed by atoms with Gasteiger partial charge in [0.15, 0.2) is 11.5 Å². The van der Waals surface area contributed by atoms with E-state index in [-0.39, 0.29) is 0 Å². The maximum absolute atomic E-state index is 4.59. The Labute approximate surface area is 121 Å². The summed E-state index contributed by atoms with van der Waals surface area (Å²) < 4.78 is 2.06. The number of hydrogen-bond donors (Lipinski definition) is 0. The Morgan fingerprint density at radius 3 is 2.62 bits per heavy atom. The maximum Gasteiger partial charge on any atom is 0.183 e. The Bertz CT molecular complexity index is 971.